The molecule has 2 aromatic rings. The van der Waals surface area contributed by atoms with Crippen molar-refractivity contribution < 1.29 is 14.3 Å². The molecule has 0 aliphatic heterocycles. The summed E-state index contributed by atoms with van der Waals surface area (Å²) in [5.41, 5.74) is 6.06. The first-order chi connectivity index (χ1) is 12.0. The molecule has 0 fully saturated rings. The zero-order valence-corrected chi connectivity index (χ0v) is 14.9. The number of thiocarbonyl (C=S) groups is 1. The van der Waals surface area contributed by atoms with Crippen LogP contribution >= 0.6 is 23.8 Å². The third kappa shape index (κ3) is 6.06. The monoisotopic (exact) mass is 377 g/mol. The predicted molar refractivity (Wildman–Crippen MR) is 99.5 cm³/mol. The molecule has 0 saturated carbocycles. The van der Waals surface area contributed by atoms with E-state index in [2.05, 4.69) is 16.2 Å². The Balaban J connectivity index is 1.75. The Kier molecular flexibility index (Phi) is 6.73. The smallest absolute Gasteiger partial charge is 0.276 e. The van der Waals surface area contributed by atoms with E-state index < -0.39 is 11.8 Å². The number of hydrogen-bond donors (Lipinski definition) is 3. The van der Waals surface area contributed by atoms with Gasteiger partial charge in [-0.3, -0.25) is 25.8 Å². The molecule has 25 heavy (non-hydrogen) atoms. The van der Waals surface area contributed by atoms with Crippen LogP contribution in [0.2, 0.25) is 5.02 Å². The summed E-state index contributed by atoms with van der Waals surface area (Å²) in [4.78, 5) is 23.7. The van der Waals surface area contributed by atoms with Crippen molar-refractivity contribution in [3.05, 3.63) is 64.7 Å². The number of hydrogen-bond acceptors (Lipinski definition) is 4. The fourth-order valence-corrected chi connectivity index (χ4v) is 2.19. The van der Waals surface area contributed by atoms with Crippen molar-refractivity contribution >= 4 is 40.7 Å². The van der Waals surface area contributed by atoms with Crippen molar-refractivity contribution in [1.82, 2.24) is 16.2 Å². The molecule has 0 unspecified atom stereocenters. The summed E-state index contributed by atoms with van der Waals surface area (Å²) in [6.07, 6.45) is 0. The molecule has 0 spiro atoms. The molecule has 0 aliphatic carbocycles. The van der Waals surface area contributed by atoms with Gasteiger partial charge in [0, 0.05) is 10.6 Å². The lowest BCUT2D eigenvalue weighted by Gasteiger charge is -2.12. The summed E-state index contributed by atoms with van der Waals surface area (Å²) >= 11 is 10.8. The molecule has 2 aromatic carbocycles. The number of amides is 2. The maximum atomic E-state index is 12.0. The first-order valence-corrected chi connectivity index (χ1v) is 8.08. The normalized spacial score (nSPS) is 9.84. The summed E-state index contributed by atoms with van der Waals surface area (Å²) in [5.74, 6) is -0.262. The number of aryl methyl sites for hydroxylation is 1. The van der Waals surface area contributed by atoms with Crippen molar-refractivity contribution in [2.75, 3.05) is 6.61 Å². The molecule has 0 bridgehead atoms. The van der Waals surface area contributed by atoms with Crippen LogP contribution in [0.3, 0.4) is 0 Å². The van der Waals surface area contributed by atoms with Crippen molar-refractivity contribution in [1.29, 1.82) is 0 Å². The number of nitrogens with one attached hydrogen (secondary N) is 3. The van der Waals surface area contributed by atoms with E-state index in [1.54, 1.807) is 24.3 Å². The molecule has 8 heteroatoms. The van der Waals surface area contributed by atoms with Gasteiger partial charge in [-0.1, -0.05) is 35.9 Å². The van der Waals surface area contributed by atoms with E-state index in [9.17, 15) is 9.59 Å². The number of ether oxygens (including phenoxy) is 1. The van der Waals surface area contributed by atoms with Crippen molar-refractivity contribution in [3.8, 4) is 5.75 Å². The highest BCUT2D eigenvalue weighted by Gasteiger charge is 2.09. The molecule has 0 atom stereocenters. The minimum atomic E-state index is -0.442. The first-order valence-electron chi connectivity index (χ1n) is 7.30. The SMILES string of the molecule is Cc1ccccc1OCC(=O)NNC(=S)NC(=O)c1cccc(Cl)c1. The van der Waals surface area contributed by atoms with Gasteiger partial charge in [-0.2, -0.15) is 0 Å². The Hall–Kier alpha value is -2.64. The van der Waals surface area contributed by atoms with Gasteiger partial charge in [0.1, 0.15) is 5.75 Å². The van der Waals surface area contributed by atoms with E-state index in [0.717, 1.165) is 5.56 Å². The molecule has 0 saturated heterocycles. The quantitative estimate of drug-likeness (QED) is 0.563. The first kappa shape index (κ1) is 18.7. The highest BCUT2D eigenvalue weighted by Crippen LogP contribution is 2.15. The summed E-state index contributed by atoms with van der Waals surface area (Å²) in [5, 5.41) is 2.82. The number of carbonyl (C=O) groups is 2. The summed E-state index contributed by atoms with van der Waals surface area (Å²) in [7, 11) is 0. The number of hydrazine groups is 1. The van der Waals surface area contributed by atoms with E-state index in [1.165, 1.54) is 6.07 Å². The van der Waals surface area contributed by atoms with Crippen LogP contribution in [-0.2, 0) is 4.79 Å². The van der Waals surface area contributed by atoms with Gasteiger partial charge in [0.05, 0.1) is 0 Å². The van der Waals surface area contributed by atoms with Gasteiger partial charge in [-0.15, -0.1) is 0 Å². The van der Waals surface area contributed by atoms with E-state index in [0.29, 0.717) is 16.3 Å². The number of benzene rings is 2. The van der Waals surface area contributed by atoms with Crippen LogP contribution in [0.15, 0.2) is 48.5 Å². The molecule has 6 nitrogen and oxygen atoms in total. The molecule has 0 aliphatic rings. The van der Waals surface area contributed by atoms with Crippen LogP contribution in [0, 0.1) is 6.92 Å². The summed E-state index contributed by atoms with van der Waals surface area (Å²) < 4.78 is 5.40. The van der Waals surface area contributed by atoms with Crippen molar-refractivity contribution in [3.63, 3.8) is 0 Å². The van der Waals surface area contributed by atoms with Gasteiger partial charge in [0.15, 0.2) is 11.7 Å². The zero-order chi connectivity index (χ0) is 18.2. The van der Waals surface area contributed by atoms with Gasteiger partial charge in [0.25, 0.3) is 11.8 Å². The molecule has 0 radical (unpaired) electrons. The van der Waals surface area contributed by atoms with E-state index in [-0.39, 0.29) is 11.7 Å². The van der Waals surface area contributed by atoms with Crippen LogP contribution in [-0.4, -0.2) is 23.5 Å². The minimum absolute atomic E-state index is 0.0470. The summed E-state index contributed by atoms with van der Waals surface area (Å²) in [6.45, 7) is 1.69. The second kappa shape index (κ2) is 9.00. The van der Waals surface area contributed by atoms with E-state index in [4.69, 9.17) is 28.6 Å². The van der Waals surface area contributed by atoms with Gasteiger partial charge < -0.3 is 4.74 Å². The van der Waals surface area contributed by atoms with Gasteiger partial charge in [-0.25, -0.2) is 0 Å². The third-order valence-electron chi connectivity index (χ3n) is 3.08. The predicted octanol–water partition coefficient (Wildman–Crippen LogP) is 2.36. The van der Waals surface area contributed by atoms with Crippen LogP contribution in [0.4, 0.5) is 0 Å². The zero-order valence-electron chi connectivity index (χ0n) is 13.3. The molecule has 0 aromatic heterocycles. The largest absolute Gasteiger partial charge is 0.483 e. The minimum Gasteiger partial charge on any atom is -0.483 e. The maximum Gasteiger partial charge on any atom is 0.276 e. The van der Waals surface area contributed by atoms with Crippen molar-refractivity contribution in [2.24, 2.45) is 0 Å². The second-order valence-corrected chi connectivity index (χ2v) is 5.87. The number of rotatable bonds is 4. The van der Waals surface area contributed by atoms with Gasteiger partial charge in [0.2, 0.25) is 0 Å². The Morgan fingerprint density at radius 3 is 2.60 bits per heavy atom. The topological polar surface area (TPSA) is 79.5 Å². The molecule has 2 amide bonds. The molecule has 130 valence electrons. The second-order valence-electron chi connectivity index (χ2n) is 5.02. The lowest BCUT2D eigenvalue weighted by Crippen LogP contribution is -2.49. The average Bonchev–Trinajstić information content (AvgIpc) is 2.59. The van der Waals surface area contributed by atoms with Gasteiger partial charge >= 0.3 is 0 Å². The van der Waals surface area contributed by atoms with Crippen LogP contribution < -0.4 is 20.9 Å². The maximum absolute atomic E-state index is 12.0. The van der Waals surface area contributed by atoms with Gasteiger partial charge in [-0.05, 0) is 49.0 Å². The van der Waals surface area contributed by atoms with Crippen LogP contribution in [0.25, 0.3) is 0 Å². The summed E-state index contributed by atoms with van der Waals surface area (Å²) in [6, 6.07) is 13.8. The Labute approximate surface area is 155 Å². The van der Waals surface area contributed by atoms with E-state index >= 15 is 0 Å². The Morgan fingerprint density at radius 1 is 1.12 bits per heavy atom. The fourth-order valence-electron chi connectivity index (χ4n) is 1.86. The molecular formula is C17H16ClN3O3S. The number of carbonyl (C=O) groups excluding carboxylic acids is 2. The number of halogens is 1. The molecule has 0 heterocycles. The highest BCUT2D eigenvalue weighted by atomic mass is 35.5. The Bertz CT molecular complexity index is 798. The lowest BCUT2D eigenvalue weighted by molar-refractivity contribution is -0.123. The average molecular weight is 378 g/mol. The molecule has 3 N–H and O–H groups in total. The number of para-hydroxylation sites is 1. The van der Waals surface area contributed by atoms with Crippen molar-refractivity contribution in [2.45, 2.75) is 6.92 Å². The Morgan fingerprint density at radius 2 is 1.88 bits per heavy atom. The standard InChI is InChI=1S/C17H16ClN3O3S/c1-11-5-2-3-8-14(11)24-10-15(22)20-21-17(25)19-16(23)12-6-4-7-13(18)9-12/h2-9H,10H2,1H3,(H,20,22)(H2,19,21,23,25). The lowest BCUT2D eigenvalue weighted by atomic mass is 10.2. The molecular weight excluding hydrogens is 362 g/mol. The third-order valence-corrected chi connectivity index (χ3v) is 3.52. The fraction of sp³-hybridized carbons (Fsp3) is 0.118. The van der Waals surface area contributed by atoms with E-state index in [1.807, 2.05) is 25.1 Å². The highest BCUT2D eigenvalue weighted by molar-refractivity contribution is 7.80. The molecule has 2 rings (SSSR count). The van der Waals surface area contributed by atoms with Crippen LogP contribution in [0.1, 0.15) is 15.9 Å². The van der Waals surface area contributed by atoms with Crippen LogP contribution in [0.5, 0.6) is 5.75 Å².